The van der Waals surface area contributed by atoms with Gasteiger partial charge in [0.05, 0.1) is 0 Å². The highest BCUT2D eigenvalue weighted by molar-refractivity contribution is 6.66. The molecule has 2 aromatic carbocycles. The van der Waals surface area contributed by atoms with E-state index in [0.29, 0.717) is 5.75 Å². The third-order valence-electron chi connectivity index (χ3n) is 2.14. The molecule has 1 nitrogen and oxygen atoms in total. The van der Waals surface area contributed by atoms with Crippen LogP contribution in [0.3, 0.4) is 0 Å². The molecule has 0 N–H and O–H groups in total. The molecule has 0 aliphatic heterocycles. The molecular weight excluding hydrogens is 279 g/mol. The minimum Gasteiger partial charge on any atom is -0.446 e. The van der Waals surface area contributed by atoms with Crippen LogP contribution in [0.5, 0.6) is 5.75 Å². The Hall–Kier alpha value is -0.890. The zero-order valence-corrected chi connectivity index (χ0v) is 10.9. The Balaban J connectivity index is 2.19. The third kappa shape index (κ3) is 3.81. The number of rotatable bonds is 2. The topological polar surface area (TPSA) is 9.23 Å². The van der Waals surface area contributed by atoms with Crippen molar-refractivity contribution in [1.29, 1.82) is 0 Å². The molecule has 0 saturated heterocycles. The summed E-state index contributed by atoms with van der Waals surface area (Å²) in [6, 6.07) is 18.0. The number of benzene rings is 2. The fourth-order valence-electron chi connectivity index (χ4n) is 1.43. The van der Waals surface area contributed by atoms with E-state index in [1.807, 2.05) is 36.4 Å². The van der Waals surface area contributed by atoms with Crippen LogP contribution >= 0.6 is 34.8 Å². The van der Waals surface area contributed by atoms with E-state index in [4.69, 9.17) is 39.5 Å². The van der Waals surface area contributed by atoms with E-state index < -0.39 is 3.98 Å². The molecule has 87 valence electrons. The minimum absolute atomic E-state index is 0.510. The fourth-order valence-corrected chi connectivity index (χ4v) is 1.70. The maximum Gasteiger partial charge on any atom is 0.338 e. The summed E-state index contributed by atoms with van der Waals surface area (Å²) < 4.78 is 3.35. The summed E-state index contributed by atoms with van der Waals surface area (Å²) in [6.45, 7) is 0. The van der Waals surface area contributed by atoms with Gasteiger partial charge in [0, 0.05) is 0 Å². The van der Waals surface area contributed by atoms with E-state index in [1.165, 1.54) is 0 Å². The Labute approximate surface area is 115 Å². The lowest BCUT2D eigenvalue weighted by atomic mass is 10.1. The Morgan fingerprint density at radius 3 is 1.88 bits per heavy atom. The van der Waals surface area contributed by atoms with Gasteiger partial charge in [-0.2, -0.15) is 0 Å². The quantitative estimate of drug-likeness (QED) is 0.716. The first kappa shape index (κ1) is 12.6. The van der Waals surface area contributed by atoms with Gasteiger partial charge in [0.2, 0.25) is 0 Å². The van der Waals surface area contributed by atoms with Gasteiger partial charge >= 0.3 is 3.98 Å². The standard InChI is InChI=1S/C13H8Cl3O/c14-13(15,16)17-12-8-6-11(7-9-12)10-4-2-1-3-5-10/h2-9H. The second-order valence-electron chi connectivity index (χ2n) is 3.36. The molecule has 0 saturated carbocycles. The van der Waals surface area contributed by atoms with Crippen molar-refractivity contribution in [2.24, 2.45) is 0 Å². The van der Waals surface area contributed by atoms with Crippen molar-refractivity contribution in [2.75, 3.05) is 0 Å². The maximum atomic E-state index is 5.53. The molecular formula is C13H8Cl3O. The summed E-state index contributed by atoms with van der Waals surface area (Å²) >= 11 is 16.6. The molecule has 0 aliphatic carbocycles. The Kier molecular flexibility index (Phi) is 3.82. The van der Waals surface area contributed by atoms with Crippen LogP contribution < -0.4 is 4.74 Å². The summed E-state index contributed by atoms with van der Waals surface area (Å²) in [4.78, 5) is 0. The van der Waals surface area contributed by atoms with E-state index in [-0.39, 0.29) is 0 Å². The lowest BCUT2D eigenvalue weighted by Gasteiger charge is -2.13. The van der Waals surface area contributed by atoms with E-state index in [9.17, 15) is 0 Å². The highest BCUT2D eigenvalue weighted by Gasteiger charge is 2.21. The summed E-state index contributed by atoms with van der Waals surface area (Å²) in [5, 5.41) is 0. The van der Waals surface area contributed by atoms with Crippen LogP contribution in [0.25, 0.3) is 11.1 Å². The molecule has 0 amide bonds. The van der Waals surface area contributed by atoms with Crippen molar-refractivity contribution in [3.8, 4) is 16.9 Å². The molecule has 0 bridgehead atoms. The van der Waals surface area contributed by atoms with Crippen molar-refractivity contribution in [3.63, 3.8) is 0 Å². The molecule has 0 unspecified atom stereocenters. The molecule has 0 heterocycles. The molecule has 0 atom stereocenters. The van der Waals surface area contributed by atoms with Gasteiger partial charge in [-0.1, -0.05) is 36.4 Å². The molecule has 17 heavy (non-hydrogen) atoms. The third-order valence-corrected chi connectivity index (χ3v) is 2.37. The first-order valence-electron chi connectivity index (χ1n) is 4.87. The largest absolute Gasteiger partial charge is 0.446 e. The van der Waals surface area contributed by atoms with Crippen LogP contribution in [-0.2, 0) is 0 Å². The van der Waals surface area contributed by atoms with Gasteiger partial charge in [-0.25, -0.2) is 0 Å². The zero-order valence-electron chi connectivity index (χ0n) is 8.66. The predicted octanol–water partition coefficient (Wildman–Crippen LogP) is 4.86. The number of hydrogen-bond donors (Lipinski definition) is 0. The van der Waals surface area contributed by atoms with Crippen molar-refractivity contribution >= 4 is 34.8 Å². The molecule has 0 spiro atoms. The SMILES string of the molecule is ClC(Cl)(Cl)Oc1ccc(-c2cc[c]cc2)cc1. The number of ether oxygens (including phenoxy) is 1. The maximum absolute atomic E-state index is 5.53. The normalized spacial score (nSPS) is 11.2. The summed E-state index contributed by atoms with van der Waals surface area (Å²) in [6.07, 6.45) is 0. The van der Waals surface area contributed by atoms with Crippen molar-refractivity contribution in [1.82, 2.24) is 0 Å². The minimum atomic E-state index is -1.73. The fraction of sp³-hybridized carbons (Fsp3) is 0.0769. The highest BCUT2D eigenvalue weighted by Crippen LogP contribution is 2.31. The second-order valence-corrected chi connectivity index (χ2v) is 5.54. The van der Waals surface area contributed by atoms with E-state index >= 15 is 0 Å². The molecule has 1 radical (unpaired) electrons. The molecule has 2 rings (SSSR count). The van der Waals surface area contributed by atoms with Crippen LogP contribution in [0.2, 0.25) is 0 Å². The van der Waals surface area contributed by atoms with Crippen LogP contribution in [0, 0.1) is 6.07 Å². The summed E-state index contributed by atoms with van der Waals surface area (Å²) in [7, 11) is 0. The van der Waals surface area contributed by atoms with Crippen molar-refractivity contribution in [2.45, 2.75) is 3.98 Å². The van der Waals surface area contributed by atoms with Crippen LogP contribution in [0.1, 0.15) is 0 Å². The van der Waals surface area contributed by atoms with E-state index in [0.717, 1.165) is 11.1 Å². The second kappa shape index (κ2) is 5.18. The lowest BCUT2D eigenvalue weighted by molar-refractivity contribution is 0.320. The van der Waals surface area contributed by atoms with Crippen LogP contribution in [0.15, 0.2) is 48.5 Å². The van der Waals surface area contributed by atoms with Gasteiger partial charge in [0.15, 0.2) is 0 Å². The van der Waals surface area contributed by atoms with Crippen molar-refractivity contribution in [3.05, 3.63) is 54.6 Å². The average Bonchev–Trinajstić information content (AvgIpc) is 2.29. The zero-order chi connectivity index (χ0) is 12.3. The van der Waals surface area contributed by atoms with Gasteiger partial charge < -0.3 is 4.74 Å². The smallest absolute Gasteiger partial charge is 0.338 e. The van der Waals surface area contributed by atoms with Gasteiger partial charge in [0.1, 0.15) is 5.75 Å². The predicted molar refractivity (Wildman–Crippen MR) is 71.6 cm³/mol. The number of halogens is 3. The lowest BCUT2D eigenvalue weighted by Crippen LogP contribution is -2.12. The monoisotopic (exact) mass is 285 g/mol. The first-order chi connectivity index (χ1) is 8.04. The summed E-state index contributed by atoms with van der Waals surface area (Å²) in [5.74, 6) is 0.510. The van der Waals surface area contributed by atoms with Crippen LogP contribution in [0.4, 0.5) is 0 Å². The molecule has 0 fully saturated rings. The molecule has 4 heteroatoms. The van der Waals surface area contributed by atoms with Crippen molar-refractivity contribution < 1.29 is 4.74 Å². The van der Waals surface area contributed by atoms with Crippen LogP contribution in [-0.4, -0.2) is 3.98 Å². The Morgan fingerprint density at radius 1 is 0.824 bits per heavy atom. The number of alkyl halides is 3. The van der Waals surface area contributed by atoms with Gasteiger partial charge in [-0.05, 0) is 64.1 Å². The number of hydrogen-bond acceptors (Lipinski definition) is 1. The first-order valence-corrected chi connectivity index (χ1v) is 6.00. The average molecular weight is 287 g/mol. The van der Waals surface area contributed by atoms with E-state index in [1.54, 1.807) is 12.1 Å². The summed E-state index contributed by atoms with van der Waals surface area (Å²) in [5.41, 5.74) is 2.17. The molecule has 0 aliphatic rings. The Bertz CT molecular complexity index is 474. The molecule has 2 aromatic rings. The van der Waals surface area contributed by atoms with Gasteiger partial charge in [0.25, 0.3) is 0 Å². The van der Waals surface area contributed by atoms with E-state index in [2.05, 4.69) is 6.07 Å². The highest BCUT2D eigenvalue weighted by atomic mass is 35.6. The van der Waals surface area contributed by atoms with Gasteiger partial charge in [-0.3, -0.25) is 0 Å². The molecule has 0 aromatic heterocycles. The van der Waals surface area contributed by atoms with Gasteiger partial charge in [-0.15, -0.1) is 0 Å². The Morgan fingerprint density at radius 2 is 1.35 bits per heavy atom.